The van der Waals surface area contributed by atoms with E-state index < -0.39 is 0 Å². The van der Waals surface area contributed by atoms with E-state index in [9.17, 15) is 10.1 Å². The van der Waals surface area contributed by atoms with Crippen LogP contribution in [0, 0.1) is 11.3 Å². The van der Waals surface area contributed by atoms with E-state index in [0.29, 0.717) is 29.5 Å². The quantitative estimate of drug-likeness (QED) is 0.761. The van der Waals surface area contributed by atoms with Gasteiger partial charge in [-0.3, -0.25) is 9.69 Å². The summed E-state index contributed by atoms with van der Waals surface area (Å²) in [7, 11) is 0. The second kappa shape index (κ2) is 8.49. The van der Waals surface area contributed by atoms with Crippen LogP contribution >= 0.6 is 0 Å². The first-order valence-corrected chi connectivity index (χ1v) is 10.9. The molecule has 1 N–H and O–H groups in total. The number of carbonyl (C=O) groups excluding carboxylic acids is 1. The topological polar surface area (TPSA) is 65.4 Å². The van der Waals surface area contributed by atoms with Gasteiger partial charge in [0.15, 0.2) is 0 Å². The molecular weight excluding hydrogens is 374 g/mol. The van der Waals surface area contributed by atoms with Crippen molar-refractivity contribution in [3.8, 4) is 11.8 Å². The van der Waals surface area contributed by atoms with Crippen LogP contribution in [-0.2, 0) is 6.42 Å². The minimum atomic E-state index is -0.229. The maximum Gasteiger partial charge on any atom is 0.259 e. The van der Waals surface area contributed by atoms with Gasteiger partial charge in [0.2, 0.25) is 0 Å². The molecule has 2 aromatic carbocycles. The van der Waals surface area contributed by atoms with E-state index in [0.717, 1.165) is 30.8 Å². The SMILES string of the molecule is CCOc1cc(C(C)C)c(C#N)cc1C(=O)Nc1cccc2c1CCN1CCCC21. The molecule has 5 heteroatoms. The summed E-state index contributed by atoms with van der Waals surface area (Å²) >= 11 is 0. The lowest BCUT2D eigenvalue weighted by atomic mass is 9.91. The summed E-state index contributed by atoms with van der Waals surface area (Å²) in [5.41, 5.74) is 5.29. The zero-order valence-corrected chi connectivity index (χ0v) is 18.0. The molecule has 1 atom stereocenters. The molecule has 1 saturated heterocycles. The van der Waals surface area contributed by atoms with Crippen molar-refractivity contribution >= 4 is 11.6 Å². The van der Waals surface area contributed by atoms with Crippen LogP contribution in [0.25, 0.3) is 0 Å². The normalized spacial score (nSPS) is 17.9. The molecule has 0 radical (unpaired) electrons. The third-order valence-corrected chi connectivity index (χ3v) is 6.27. The Morgan fingerprint density at radius 3 is 2.90 bits per heavy atom. The summed E-state index contributed by atoms with van der Waals surface area (Å²) in [6, 6.07) is 12.4. The van der Waals surface area contributed by atoms with E-state index in [1.54, 1.807) is 6.07 Å². The van der Waals surface area contributed by atoms with Gasteiger partial charge in [-0.25, -0.2) is 0 Å². The molecule has 0 aliphatic carbocycles. The number of benzene rings is 2. The van der Waals surface area contributed by atoms with Crippen molar-refractivity contribution in [1.29, 1.82) is 5.26 Å². The largest absolute Gasteiger partial charge is 0.493 e. The van der Waals surface area contributed by atoms with Crippen molar-refractivity contribution in [1.82, 2.24) is 4.90 Å². The molecule has 1 amide bonds. The minimum absolute atomic E-state index is 0.173. The van der Waals surface area contributed by atoms with Crippen LogP contribution in [0.1, 0.15) is 78.2 Å². The Kier molecular flexibility index (Phi) is 5.78. The van der Waals surface area contributed by atoms with Crippen LogP contribution < -0.4 is 10.1 Å². The fourth-order valence-electron chi connectivity index (χ4n) is 4.83. The van der Waals surface area contributed by atoms with E-state index in [-0.39, 0.29) is 11.8 Å². The highest BCUT2D eigenvalue weighted by atomic mass is 16.5. The number of nitrogens with zero attached hydrogens (tertiary/aromatic N) is 2. The van der Waals surface area contributed by atoms with Crippen LogP contribution in [0.15, 0.2) is 30.3 Å². The lowest BCUT2D eigenvalue weighted by Gasteiger charge is -2.33. The summed E-state index contributed by atoms with van der Waals surface area (Å²) < 4.78 is 5.78. The van der Waals surface area contributed by atoms with Crippen molar-refractivity contribution in [2.75, 3.05) is 25.0 Å². The van der Waals surface area contributed by atoms with Gasteiger partial charge in [0, 0.05) is 18.3 Å². The Balaban J connectivity index is 1.68. The molecule has 4 rings (SSSR count). The third kappa shape index (κ3) is 3.68. The molecule has 0 saturated carbocycles. The number of nitriles is 1. The van der Waals surface area contributed by atoms with Gasteiger partial charge in [-0.1, -0.05) is 26.0 Å². The number of fused-ring (bicyclic) bond motifs is 3. The molecule has 0 spiro atoms. The number of hydrogen-bond donors (Lipinski definition) is 1. The monoisotopic (exact) mass is 403 g/mol. The van der Waals surface area contributed by atoms with Gasteiger partial charge in [-0.15, -0.1) is 0 Å². The number of carbonyl (C=O) groups is 1. The average Bonchev–Trinajstić information content (AvgIpc) is 3.23. The lowest BCUT2D eigenvalue weighted by molar-refractivity contribution is 0.102. The summed E-state index contributed by atoms with van der Waals surface area (Å²) in [5.74, 6) is 0.475. The molecule has 2 aromatic rings. The van der Waals surface area contributed by atoms with Crippen LogP contribution in [0.2, 0.25) is 0 Å². The molecule has 2 aliphatic rings. The predicted octanol–water partition coefficient (Wildman–Crippen LogP) is 5.03. The second-order valence-corrected chi connectivity index (χ2v) is 8.41. The van der Waals surface area contributed by atoms with E-state index in [4.69, 9.17) is 4.74 Å². The van der Waals surface area contributed by atoms with E-state index in [1.807, 2.05) is 39.0 Å². The highest BCUT2D eigenvalue weighted by molar-refractivity contribution is 6.07. The van der Waals surface area contributed by atoms with Crippen LogP contribution in [0.4, 0.5) is 5.69 Å². The van der Waals surface area contributed by atoms with Crippen LogP contribution in [0.3, 0.4) is 0 Å². The van der Waals surface area contributed by atoms with Gasteiger partial charge >= 0.3 is 0 Å². The Hall–Kier alpha value is -2.84. The Morgan fingerprint density at radius 1 is 1.33 bits per heavy atom. The first-order chi connectivity index (χ1) is 14.5. The number of amides is 1. The fourth-order valence-corrected chi connectivity index (χ4v) is 4.83. The van der Waals surface area contributed by atoms with Crippen molar-refractivity contribution in [2.45, 2.75) is 52.0 Å². The Morgan fingerprint density at radius 2 is 2.17 bits per heavy atom. The van der Waals surface area contributed by atoms with Crippen LogP contribution in [0.5, 0.6) is 5.75 Å². The van der Waals surface area contributed by atoms with Crippen molar-refractivity contribution in [3.05, 3.63) is 58.1 Å². The van der Waals surface area contributed by atoms with Gasteiger partial charge in [-0.05, 0) is 73.5 Å². The standard InChI is InChI=1S/C25H29N3O2/c1-4-30-24-14-20(16(2)3)17(15-26)13-21(24)25(29)27-22-8-5-7-19-18(22)10-12-28-11-6-9-23(19)28/h5,7-8,13-14,16,23H,4,6,9-12H2,1-3H3,(H,27,29). The summed E-state index contributed by atoms with van der Waals surface area (Å²) in [5, 5.41) is 12.7. The number of nitrogens with one attached hydrogen (secondary N) is 1. The van der Waals surface area contributed by atoms with Gasteiger partial charge in [0.05, 0.1) is 23.8 Å². The molecule has 0 aromatic heterocycles. The number of hydrogen-bond acceptors (Lipinski definition) is 4. The number of anilines is 1. The van der Waals surface area contributed by atoms with Crippen molar-refractivity contribution < 1.29 is 9.53 Å². The van der Waals surface area contributed by atoms with Gasteiger partial charge in [0.1, 0.15) is 5.75 Å². The summed E-state index contributed by atoms with van der Waals surface area (Å²) in [6.07, 6.45) is 3.36. The zero-order chi connectivity index (χ0) is 21.3. The smallest absolute Gasteiger partial charge is 0.259 e. The lowest BCUT2D eigenvalue weighted by Crippen LogP contribution is -2.31. The van der Waals surface area contributed by atoms with Crippen molar-refractivity contribution in [2.24, 2.45) is 0 Å². The Bertz CT molecular complexity index is 1010. The minimum Gasteiger partial charge on any atom is -0.493 e. The highest BCUT2D eigenvalue weighted by Gasteiger charge is 2.32. The summed E-state index contributed by atoms with van der Waals surface area (Å²) in [6.45, 7) is 8.63. The zero-order valence-electron chi connectivity index (χ0n) is 18.0. The molecule has 1 fully saturated rings. The van der Waals surface area contributed by atoms with E-state index in [2.05, 4.69) is 22.4 Å². The molecule has 5 nitrogen and oxygen atoms in total. The fraction of sp³-hybridized carbons (Fsp3) is 0.440. The molecule has 2 aliphatic heterocycles. The van der Waals surface area contributed by atoms with Gasteiger partial charge in [0.25, 0.3) is 5.91 Å². The average molecular weight is 404 g/mol. The molecule has 30 heavy (non-hydrogen) atoms. The maximum absolute atomic E-state index is 13.3. The number of rotatable bonds is 5. The van der Waals surface area contributed by atoms with Gasteiger partial charge in [-0.2, -0.15) is 5.26 Å². The maximum atomic E-state index is 13.3. The summed E-state index contributed by atoms with van der Waals surface area (Å²) in [4.78, 5) is 15.8. The molecule has 2 heterocycles. The number of ether oxygens (including phenoxy) is 1. The molecular formula is C25H29N3O2. The molecule has 0 bridgehead atoms. The Labute approximate surface area is 178 Å². The first kappa shape index (κ1) is 20.4. The molecule has 1 unspecified atom stereocenters. The van der Waals surface area contributed by atoms with Gasteiger partial charge < -0.3 is 10.1 Å². The second-order valence-electron chi connectivity index (χ2n) is 8.41. The van der Waals surface area contributed by atoms with Crippen molar-refractivity contribution in [3.63, 3.8) is 0 Å². The molecule has 156 valence electrons. The van der Waals surface area contributed by atoms with Crippen LogP contribution in [-0.4, -0.2) is 30.5 Å². The van der Waals surface area contributed by atoms with E-state index >= 15 is 0 Å². The predicted molar refractivity (Wildman–Crippen MR) is 118 cm³/mol. The highest BCUT2D eigenvalue weighted by Crippen LogP contribution is 2.40. The first-order valence-electron chi connectivity index (χ1n) is 10.9. The van der Waals surface area contributed by atoms with E-state index in [1.165, 1.54) is 24.0 Å². The third-order valence-electron chi connectivity index (χ3n) is 6.27.